The zero-order valence-corrected chi connectivity index (χ0v) is 9.07. The normalized spacial score (nSPS) is 9.77. The van der Waals surface area contributed by atoms with Crippen molar-refractivity contribution in [2.45, 2.75) is 19.8 Å². The van der Waals surface area contributed by atoms with Crippen LogP contribution in [0.2, 0.25) is 0 Å². The van der Waals surface area contributed by atoms with Crippen molar-refractivity contribution in [2.75, 3.05) is 0 Å². The van der Waals surface area contributed by atoms with Crippen molar-refractivity contribution in [1.82, 2.24) is 0 Å². The lowest BCUT2D eigenvalue weighted by atomic mass is 10.1. The summed E-state index contributed by atoms with van der Waals surface area (Å²) in [6.07, 6.45) is 1.92. The van der Waals surface area contributed by atoms with Crippen LogP contribution in [0.15, 0.2) is 40.4 Å². The number of allylic oxidation sites excluding steroid dienone is 1. The fraction of sp³-hybridized carbons (Fsp3) is 0.273. The lowest BCUT2D eigenvalue weighted by Crippen LogP contribution is -1.86. The van der Waals surface area contributed by atoms with Crippen molar-refractivity contribution in [3.8, 4) is 0 Å². The molecule has 0 radical (unpaired) electrons. The van der Waals surface area contributed by atoms with Crippen LogP contribution in [0.4, 0.5) is 0 Å². The van der Waals surface area contributed by atoms with Crippen molar-refractivity contribution in [3.63, 3.8) is 0 Å². The Kier molecular flexibility index (Phi) is 4.34. The molecule has 1 aromatic rings. The van der Waals surface area contributed by atoms with Gasteiger partial charge < -0.3 is 0 Å². The predicted octanol–water partition coefficient (Wildman–Crippen LogP) is 4.33. The molecule has 0 aliphatic heterocycles. The largest absolute Gasteiger partial charge is 0.105 e. The van der Waals surface area contributed by atoms with E-state index in [4.69, 9.17) is 23.2 Å². The summed E-state index contributed by atoms with van der Waals surface area (Å²) in [5, 5.41) is 0. The molecule has 0 fully saturated rings. The van der Waals surface area contributed by atoms with E-state index in [1.807, 2.05) is 25.1 Å². The third kappa shape index (κ3) is 3.84. The van der Waals surface area contributed by atoms with Crippen molar-refractivity contribution in [2.24, 2.45) is 0 Å². The summed E-state index contributed by atoms with van der Waals surface area (Å²) in [6.45, 7) is 1.96. The highest BCUT2D eigenvalue weighted by molar-refractivity contribution is 6.56. The first kappa shape index (κ1) is 10.6. The summed E-state index contributed by atoms with van der Waals surface area (Å²) in [4.78, 5) is 0. The van der Waals surface area contributed by atoms with E-state index in [1.165, 1.54) is 5.56 Å². The van der Waals surface area contributed by atoms with Gasteiger partial charge in [-0.1, -0.05) is 53.5 Å². The summed E-state index contributed by atoms with van der Waals surface area (Å²) < 4.78 is 0.399. The van der Waals surface area contributed by atoms with E-state index in [0.717, 1.165) is 18.4 Å². The number of benzene rings is 1. The zero-order chi connectivity index (χ0) is 9.68. The van der Waals surface area contributed by atoms with Crippen LogP contribution in [-0.4, -0.2) is 0 Å². The lowest BCUT2D eigenvalue weighted by molar-refractivity contribution is 0.941. The molecule has 0 spiro atoms. The van der Waals surface area contributed by atoms with Gasteiger partial charge in [-0.25, -0.2) is 0 Å². The zero-order valence-electron chi connectivity index (χ0n) is 7.56. The summed E-state index contributed by atoms with van der Waals surface area (Å²) >= 11 is 11.3. The molecule has 0 amide bonds. The van der Waals surface area contributed by atoms with E-state index >= 15 is 0 Å². The third-order valence-corrected chi connectivity index (χ3v) is 2.60. The van der Waals surface area contributed by atoms with Crippen LogP contribution in [0.1, 0.15) is 18.9 Å². The highest BCUT2D eigenvalue weighted by Crippen LogP contribution is 2.18. The van der Waals surface area contributed by atoms with Crippen LogP contribution in [0.5, 0.6) is 0 Å². The van der Waals surface area contributed by atoms with Gasteiger partial charge in [-0.05, 0) is 30.9 Å². The van der Waals surface area contributed by atoms with E-state index in [2.05, 4.69) is 12.1 Å². The van der Waals surface area contributed by atoms with Gasteiger partial charge >= 0.3 is 0 Å². The molecule has 0 saturated heterocycles. The van der Waals surface area contributed by atoms with Crippen molar-refractivity contribution >= 4 is 23.2 Å². The van der Waals surface area contributed by atoms with Gasteiger partial charge in [0.25, 0.3) is 0 Å². The topological polar surface area (TPSA) is 0 Å². The Labute approximate surface area is 89.2 Å². The Hall–Kier alpha value is -0.460. The molecular weight excluding hydrogens is 203 g/mol. The van der Waals surface area contributed by atoms with E-state index < -0.39 is 0 Å². The minimum absolute atomic E-state index is 0.399. The van der Waals surface area contributed by atoms with Gasteiger partial charge in [-0.3, -0.25) is 0 Å². The summed E-state index contributed by atoms with van der Waals surface area (Å²) in [5.41, 5.74) is 2.36. The maximum atomic E-state index is 5.64. The summed E-state index contributed by atoms with van der Waals surface area (Å²) in [5.74, 6) is 0. The predicted molar refractivity (Wildman–Crippen MR) is 59.2 cm³/mol. The molecule has 70 valence electrons. The number of hydrogen-bond acceptors (Lipinski definition) is 0. The maximum absolute atomic E-state index is 5.64. The average Bonchev–Trinajstić information content (AvgIpc) is 2.15. The molecule has 0 aromatic heterocycles. The van der Waals surface area contributed by atoms with E-state index in [0.29, 0.717) is 4.49 Å². The SMILES string of the molecule is CC(CCc1ccccc1)=C(Cl)Cl. The standard InChI is InChI=1S/C11H12Cl2/c1-9(11(12)13)7-8-10-5-3-2-4-6-10/h2-6H,7-8H2,1H3. The second kappa shape index (κ2) is 5.31. The molecule has 13 heavy (non-hydrogen) atoms. The Morgan fingerprint density at radius 1 is 1.15 bits per heavy atom. The first-order valence-electron chi connectivity index (χ1n) is 4.25. The molecular formula is C11H12Cl2. The van der Waals surface area contributed by atoms with Gasteiger partial charge in [0.2, 0.25) is 0 Å². The van der Waals surface area contributed by atoms with Crippen LogP contribution in [0.3, 0.4) is 0 Å². The minimum atomic E-state index is 0.399. The number of hydrogen-bond donors (Lipinski definition) is 0. The molecule has 0 nitrogen and oxygen atoms in total. The second-order valence-electron chi connectivity index (χ2n) is 3.03. The quantitative estimate of drug-likeness (QED) is 0.703. The average molecular weight is 215 g/mol. The van der Waals surface area contributed by atoms with Crippen LogP contribution in [-0.2, 0) is 6.42 Å². The molecule has 0 aliphatic rings. The van der Waals surface area contributed by atoms with E-state index in [9.17, 15) is 0 Å². The van der Waals surface area contributed by atoms with Crippen LogP contribution < -0.4 is 0 Å². The second-order valence-corrected chi connectivity index (χ2v) is 3.98. The molecule has 0 N–H and O–H groups in total. The van der Waals surface area contributed by atoms with Gasteiger partial charge in [0.15, 0.2) is 0 Å². The van der Waals surface area contributed by atoms with Gasteiger partial charge in [0, 0.05) is 0 Å². The van der Waals surface area contributed by atoms with Crippen molar-refractivity contribution in [1.29, 1.82) is 0 Å². The van der Waals surface area contributed by atoms with Crippen LogP contribution >= 0.6 is 23.2 Å². The monoisotopic (exact) mass is 214 g/mol. The van der Waals surface area contributed by atoms with Crippen LogP contribution in [0.25, 0.3) is 0 Å². The lowest BCUT2D eigenvalue weighted by Gasteiger charge is -2.01. The highest BCUT2D eigenvalue weighted by atomic mass is 35.5. The Morgan fingerprint density at radius 2 is 1.77 bits per heavy atom. The Morgan fingerprint density at radius 3 is 2.31 bits per heavy atom. The molecule has 0 atom stereocenters. The van der Waals surface area contributed by atoms with Gasteiger partial charge in [0.05, 0.1) is 0 Å². The van der Waals surface area contributed by atoms with Gasteiger partial charge in [-0.2, -0.15) is 0 Å². The fourth-order valence-electron chi connectivity index (χ4n) is 1.07. The Balaban J connectivity index is 2.49. The van der Waals surface area contributed by atoms with Crippen molar-refractivity contribution < 1.29 is 0 Å². The minimum Gasteiger partial charge on any atom is -0.0710 e. The number of rotatable bonds is 3. The molecule has 0 aliphatic carbocycles. The molecule has 2 heteroatoms. The smallest absolute Gasteiger partial charge is 0.0710 e. The van der Waals surface area contributed by atoms with Crippen molar-refractivity contribution in [3.05, 3.63) is 46.0 Å². The number of aryl methyl sites for hydroxylation is 1. The molecule has 1 aromatic carbocycles. The summed E-state index contributed by atoms with van der Waals surface area (Å²) in [6, 6.07) is 10.3. The fourth-order valence-corrected chi connectivity index (χ4v) is 1.26. The maximum Gasteiger partial charge on any atom is 0.105 e. The summed E-state index contributed by atoms with van der Waals surface area (Å²) in [7, 11) is 0. The van der Waals surface area contributed by atoms with E-state index in [-0.39, 0.29) is 0 Å². The van der Waals surface area contributed by atoms with Gasteiger partial charge in [0.1, 0.15) is 4.49 Å². The first-order chi connectivity index (χ1) is 6.20. The number of halogens is 2. The molecule has 0 heterocycles. The third-order valence-electron chi connectivity index (χ3n) is 1.95. The first-order valence-corrected chi connectivity index (χ1v) is 5.00. The molecule has 0 bridgehead atoms. The van der Waals surface area contributed by atoms with Gasteiger partial charge in [-0.15, -0.1) is 0 Å². The van der Waals surface area contributed by atoms with E-state index in [1.54, 1.807) is 0 Å². The highest BCUT2D eigenvalue weighted by Gasteiger charge is 1.97. The molecule has 0 saturated carbocycles. The molecule has 0 unspecified atom stereocenters. The Bertz CT molecular complexity index is 284. The van der Waals surface area contributed by atoms with Crippen LogP contribution in [0, 0.1) is 0 Å². The molecule has 1 rings (SSSR count).